The Balaban J connectivity index is 1.28. The molecule has 2 atom stereocenters. The second-order valence-corrected chi connectivity index (χ2v) is 10.8. The minimum Gasteiger partial charge on any atom is -0.497 e. The molecule has 0 saturated carbocycles. The van der Waals surface area contributed by atoms with E-state index in [1.165, 1.54) is 28.0 Å². The number of carbonyl (C=O) groups is 2. The maximum absolute atomic E-state index is 13.4. The normalized spacial score (nSPS) is 16.7. The molecule has 0 aliphatic carbocycles. The number of carbonyl (C=O) groups excluding carboxylic acids is 2. The number of thioether (sulfide) groups is 1. The van der Waals surface area contributed by atoms with E-state index in [0.717, 1.165) is 27.3 Å². The van der Waals surface area contributed by atoms with Crippen LogP contribution in [-0.2, 0) is 22.6 Å². The lowest BCUT2D eigenvalue weighted by atomic mass is 10.1. The Morgan fingerprint density at radius 2 is 1.79 bits per heavy atom. The van der Waals surface area contributed by atoms with Crippen LogP contribution in [0.5, 0.6) is 5.75 Å². The van der Waals surface area contributed by atoms with Crippen molar-refractivity contribution in [3.05, 3.63) is 107 Å². The molecule has 8 nitrogen and oxygen atoms in total. The van der Waals surface area contributed by atoms with Gasteiger partial charge in [0.25, 0.3) is 0 Å². The maximum atomic E-state index is 13.4. The standard InChI is InChI=1S/C28H26N4O4S2/c1-35-22-9-7-19(8-10-22)15-23-16-30-27(38-23)31-25(33)24-18-37-26(21-11-13-29-14-12-21)32(24)28(34)36-17-20-5-3-2-4-6-20/h2-14,16,24,26H,15,17-18H2,1H3,(H,30,31,33). The van der Waals surface area contributed by atoms with Crippen molar-refractivity contribution in [3.8, 4) is 5.75 Å². The third-order valence-corrected chi connectivity index (χ3v) is 8.27. The fourth-order valence-electron chi connectivity index (χ4n) is 4.09. The number of rotatable bonds is 8. The van der Waals surface area contributed by atoms with Crippen LogP contribution in [0.15, 0.2) is 85.3 Å². The summed E-state index contributed by atoms with van der Waals surface area (Å²) in [6, 6.07) is 20.3. The number of anilines is 1. The lowest BCUT2D eigenvalue weighted by molar-refractivity contribution is -0.120. The van der Waals surface area contributed by atoms with Crippen molar-refractivity contribution in [1.29, 1.82) is 0 Å². The zero-order valence-corrected chi connectivity index (χ0v) is 22.3. The number of benzene rings is 2. The van der Waals surface area contributed by atoms with Crippen molar-refractivity contribution in [2.45, 2.75) is 24.4 Å². The van der Waals surface area contributed by atoms with Crippen LogP contribution in [0.3, 0.4) is 0 Å². The molecule has 2 unspecified atom stereocenters. The van der Waals surface area contributed by atoms with Crippen LogP contribution in [0, 0.1) is 0 Å². The third kappa shape index (κ3) is 6.15. The van der Waals surface area contributed by atoms with Crippen molar-refractivity contribution in [2.24, 2.45) is 0 Å². The molecule has 5 rings (SSSR count). The molecule has 0 radical (unpaired) electrons. The van der Waals surface area contributed by atoms with Crippen LogP contribution in [-0.4, -0.2) is 45.8 Å². The summed E-state index contributed by atoms with van der Waals surface area (Å²) in [6.07, 6.45) is 5.27. The zero-order valence-electron chi connectivity index (χ0n) is 20.7. The van der Waals surface area contributed by atoms with E-state index in [4.69, 9.17) is 9.47 Å². The molecule has 38 heavy (non-hydrogen) atoms. The Labute approximate surface area is 229 Å². The summed E-state index contributed by atoms with van der Waals surface area (Å²) in [6.45, 7) is 0.124. The molecule has 2 amide bonds. The molecule has 1 N–H and O–H groups in total. The van der Waals surface area contributed by atoms with Gasteiger partial charge in [0.05, 0.1) is 7.11 Å². The molecule has 10 heteroatoms. The first-order chi connectivity index (χ1) is 18.6. The van der Waals surface area contributed by atoms with Crippen molar-refractivity contribution in [2.75, 3.05) is 18.2 Å². The Morgan fingerprint density at radius 3 is 2.53 bits per heavy atom. The summed E-state index contributed by atoms with van der Waals surface area (Å²) in [5.41, 5.74) is 2.88. The zero-order chi connectivity index (χ0) is 26.3. The van der Waals surface area contributed by atoms with Gasteiger partial charge in [-0.2, -0.15) is 0 Å². The molecule has 3 heterocycles. The van der Waals surface area contributed by atoms with Crippen molar-refractivity contribution >= 4 is 40.2 Å². The van der Waals surface area contributed by atoms with E-state index in [0.29, 0.717) is 17.3 Å². The van der Waals surface area contributed by atoms with Gasteiger partial charge in [0, 0.05) is 35.6 Å². The Bertz CT molecular complexity index is 1370. The smallest absolute Gasteiger partial charge is 0.412 e. The first kappa shape index (κ1) is 25.7. The fourth-order valence-corrected chi connectivity index (χ4v) is 6.36. The number of methoxy groups -OCH3 is 1. The number of amides is 2. The number of aromatic nitrogens is 2. The van der Waals surface area contributed by atoms with Gasteiger partial charge in [0.2, 0.25) is 5.91 Å². The predicted molar refractivity (Wildman–Crippen MR) is 148 cm³/mol. The molecule has 0 spiro atoms. The molecule has 1 aliphatic heterocycles. The van der Waals surface area contributed by atoms with Crippen molar-refractivity contribution in [3.63, 3.8) is 0 Å². The molecule has 1 saturated heterocycles. The number of thiazole rings is 1. The van der Waals surface area contributed by atoms with Crippen LogP contribution >= 0.6 is 23.1 Å². The van der Waals surface area contributed by atoms with E-state index in [2.05, 4.69) is 15.3 Å². The summed E-state index contributed by atoms with van der Waals surface area (Å²) in [5, 5.41) is 3.04. The monoisotopic (exact) mass is 546 g/mol. The van der Waals surface area contributed by atoms with Crippen LogP contribution in [0.25, 0.3) is 0 Å². The molecule has 2 aromatic heterocycles. The van der Waals surface area contributed by atoms with Gasteiger partial charge in [-0.15, -0.1) is 23.1 Å². The third-order valence-electron chi connectivity index (χ3n) is 6.03. The van der Waals surface area contributed by atoms with Crippen LogP contribution in [0.4, 0.5) is 9.93 Å². The molecule has 1 fully saturated rings. The average molecular weight is 547 g/mol. The maximum Gasteiger partial charge on any atom is 0.412 e. The van der Waals surface area contributed by atoms with Gasteiger partial charge in [0.15, 0.2) is 5.13 Å². The number of nitrogens with zero attached hydrogens (tertiary/aromatic N) is 3. The van der Waals surface area contributed by atoms with Gasteiger partial charge in [0.1, 0.15) is 23.8 Å². The average Bonchev–Trinajstić information content (AvgIpc) is 3.60. The van der Waals surface area contributed by atoms with E-state index >= 15 is 0 Å². The highest BCUT2D eigenvalue weighted by molar-refractivity contribution is 7.99. The van der Waals surface area contributed by atoms with E-state index in [1.54, 1.807) is 25.7 Å². The number of nitrogens with one attached hydrogen (secondary N) is 1. The Hall–Kier alpha value is -3.89. The molecular formula is C28H26N4O4S2. The first-order valence-corrected chi connectivity index (χ1v) is 13.9. The van der Waals surface area contributed by atoms with Gasteiger partial charge >= 0.3 is 6.09 Å². The van der Waals surface area contributed by atoms with Gasteiger partial charge < -0.3 is 14.8 Å². The highest BCUT2D eigenvalue weighted by Gasteiger charge is 2.43. The van der Waals surface area contributed by atoms with E-state index < -0.39 is 12.1 Å². The molecule has 194 valence electrons. The van der Waals surface area contributed by atoms with Gasteiger partial charge in [-0.25, -0.2) is 9.78 Å². The van der Waals surface area contributed by atoms with E-state index in [9.17, 15) is 9.59 Å². The van der Waals surface area contributed by atoms with Gasteiger partial charge in [-0.1, -0.05) is 42.5 Å². The van der Waals surface area contributed by atoms with E-state index in [-0.39, 0.29) is 17.9 Å². The van der Waals surface area contributed by atoms with E-state index in [1.807, 2.05) is 66.7 Å². The molecule has 0 bridgehead atoms. The SMILES string of the molecule is COc1ccc(Cc2cnc(NC(=O)C3CSC(c4ccncc4)N3C(=O)OCc3ccccc3)s2)cc1. The highest BCUT2D eigenvalue weighted by atomic mass is 32.2. The first-order valence-electron chi connectivity index (χ1n) is 12.0. The quantitative estimate of drug-likeness (QED) is 0.311. The highest BCUT2D eigenvalue weighted by Crippen LogP contribution is 2.42. The molecule has 4 aromatic rings. The second-order valence-electron chi connectivity index (χ2n) is 8.58. The van der Waals surface area contributed by atoms with Gasteiger partial charge in [-0.05, 0) is 41.0 Å². The largest absolute Gasteiger partial charge is 0.497 e. The summed E-state index contributed by atoms with van der Waals surface area (Å²) in [5.74, 6) is 0.942. The van der Waals surface area contributed by atoms with Crippen LogP contribution in [0.1, 0.15) is 26.9 Å². The summed E-state index contributed by atoms with van der Waals surface area (Å²) < 4.78 is 10.9. The Morgan fingerprint density at radius 1 is 1.03 bits per heavy atom. The minimum absolute atomic E-state index is 0.124. The Kier molecular flexibility index (Phi) is 8.20. The van der Waals surface area contributed by atoms with Crippen molar-refractivity contribution < 1.29 is 19.1 Å². The predicted octanol–water partition coefficient (Wildman–Crippen LogP) is 5.53. The number of ether oxygens (including phenoxy) is 2. The minimum atomic E-state index is -0.713. The topological polar surface area (TPSA) is 93.6 Å². The molecule has 2 aromatic carbocycles. The molecular weight excluding hydrogens is 520 g/mol. The van der Waals surface area contributed by atoms with Crippen LogP contribution < -0.4 is 10.1 Å². The number of hydrogen-bond donors (Lipinski definition) is 1. The van der Waals surface area contributed by atoms with Crippen LogP contribution in [0.2, 0.25) is 0 Å². The number of pyridine rings is 1. The summed E-state index contributed by atoms with van der Waals surface area (Å²) in [7, 11) is 1.64. The van der Waals surface area contributed by atoms with Gasteiger partial charge in [-0.3, -0.25) is 14.7 Å². The number of hydrogen-bond acceptors (Lipinski definition) is 8. The summed E-state index contributed by atoms with van der Waals surface area (Å²) in [4.78, 5) is 37.7. The van der Waals surface area contributed by atoms with Crippen molar-refractivity contribution in [1.82, 2.24) is 14.9 Å². The lowest BCUT2D eigenvalue weighted by Crippen LogP contribution is -2.45. The summed E-state index contributed by atoms with van der Waals surface area (Å²) >= 11 is 2.93. The molecule has 1 aliphatic rings. The lowest BCUT2D eigenvalue weighted by Gasteiger charge is -2.28. The second kappa shape index (κ2) is 12.1. The fraction of sp³-hybridized carbons (Fsp3) is 0.214.